The zero-order chi connectivity index (χ0) is 18.3. The molecule has 0 bridgehead atoms. The summed E-state index contributed by atoms with van der Waals surface area (Å²) in [6, 6.07) is 10.7. The van der Waals surface area contributed by atoms with Gasteiger partial charge in [-0.25, -0.2) is 4.98 Å². The van der Waals surface area contributed by atoms with Crippen LogP contribution in [0.15, 0.2) is 36.4 Å². The van der Waals surface area contributed by atoms with E-state index in [0.29, 0.717) is 41.5 Å². The summed E-state index contributed by atoms with van der Waals surface area (Å²) < 4.78 is 0.974. The Labute approximate surface area is 188 Å². The van der Waals surface area contributed by atoms with Crippen LogP contribution in [0.1, 0.15) is 0 Å². The second kappa shape index (κ2) is 7.97. The summed E-state index contributed by atoms with van der Waals surface area (Å²) in [5.41, 5.74) is 2.91. The van der Waals surface area contributed by atoms with Gasteiger partial charge in [0.05, 0.1) is 41.5 Å². The lowest BCUT2D eigenvalue weighted by molar-refractivity contribution is 1.31. The van der Waals surface area contributed by atoms with Crippen molar-refractivity contribution in [1.29, 1.82) is 0 Å². The number of benzene rings is 2. The fourth-order valence-corrected chi connectivity index (χ4v) is 3.98. The second-order valence-electron chi connectivity index (χ2n) is 5.06. The molecule has 3 aromatic rings. The van der Waals surface area contributed by atoms with E-state index in [-0.39, 0.29) is 0 Å². The Balaban J connectivity index is 2.17. The fraction of sp³-hybridized carbons (Fsp3) is 0. The zero-order valence-electron chi connectivity index (χ0n) is 12.1. The van der Waals surface area contributed by atoms with Crippen LogP contribution >= 0.6 is 92.2 Å². The van der Waals surface area contributed by atoms with Crippen molar-refractivity contribution in [2.45, 2.75) is 0 Å². The fourth-order valence-electron chi connectivity index (χ4n) is 2.20. The van der Waals surface area contributed by atoms with E-state index in [0.717, 1.165) is 14.7 Å². The van der Waals surface area contributed by atoms with Crippen LogP contribution in [0.4, 0.5) is 0 Å². The van der Waals surface area contributed by atoms with E-state index in [9.17, 15) is 0 Å². The molecule has 0 fully saturated rings. The summed E-state index contributed by atoms with van der Waals surface area (Å²) in [6.07, 6.45) is 0. The molecule has 0 atom stereocenters. The van der Waals surface area contributed by atoms with Gasteiger partial charge in [-0.15, -0.1) is 0 Å². The number of aromatic nitrogens is 1. The van der Waals surface area contributed by atoms with Crippen molar-refractivity contribution in [3.8, 4) is 22.5 Å². The standard InChI is InChI=1S/C17H6Cl6IN/c18-10-1-7(2-11(19)16(10)22)14-5-9(24)6-15(25-14)8-3-12(20)17(23)13(21)4-8/h1-6H. The van der Waals surface area contributed by atoms with Crippen molar-refractivity contribution in [2.75, 3.05) is 0 Å². The van der Waals surface area contributed by atoms with Crippen LogP contribution in [0.2, 0.25) is 30.1 Å². The van der Waals surface area contributed by atoms with E-state index < -0.39 is 0 Å². The van der Waals surface area contributed by atoms with Gasteiger partial charge in [0.1, 0.15) is 0 Å². The summed E-state index contributed by atoms with van der Waals surface area (Å²) in [7, 11) is 0. The summed E-state index contributed by atoms with van der Waals surface area (Å²) >= 11 is 38.8. The number of halogens is 7. The Kier molecular flexibility index (Phi) is 6.32. The van der Waals surface area contributed by atoms with E-state index in [4.69, 9.17) is 69.6 Å². The molecule has 0 saturated heterocycles. The summed E-state index contributed by atoms with van der Waals surface area (Å²) in [6.45, 7) is 0. The van der Waals surface area contributed by atoms with Crippen LogP contribution in [0.25, 0.3) is 22.5 Å². The maximum atomic E-state index is 6.13. The van der Waals surface area contributed by atoms with Crippen LogP contribution in [0.5, 0.6) is 0 Å². The lowest BCUT2D eigenvalue weighted by Gasteiger charge is -2.10. The maximum Gasteiger partial charge on any atom is 0.0778 e. The number of nitrogens with zero attached hydrogens (tertiary/aromatic N) is 1. The quantitative estimate of drug-likeness (QED) is 0.224. The van der Waals surface area contributed by atoms with E-state index in [1.807, 2.05) is 12.1 Å². The molecule has 0 aliphatic carbocycles. The van der Waals surface area contributed by atoms with Crippen LogP contribution in [-0.2, 0) is 0 Å². The van der Waals surface area contributed by atoms with Crippen LogP contribution in [0.3, 0.4) is 0 Å². The molecule has 0 aliphatic heterocycles. The summed E-state index contributed by atoms with van der Waals surface area (Å²) in [5.74, 6) is 0. The number of pyridine rings is 1. The Morgan fingerprint density at radius 1 is 0.560 bits per heavy atom. The van der Waals surface area contributed by atoms with Gasteiger partial charge in [0.2, 0.25) is 0 Å². The molecule has 1 aromatic heterocycles. The highest BCUT2D eigenvalue weighted by Gasteiger charge is 2.13. The highest BCUT2D eigenvalue weighted by atomic mass is 127. The average Bonchev–Trinajstić information content (AvgIpc) is 2.56. The third-order valence-corrected chi connectivity index (χ3v) is 6.37. The molecule has 0 unspecified atom stereocenters. The molecule has 0 amide bonds. The second-order valence-corrected chi connectivity index (χ2v) is 8.69. The third-order valence-electron chi connectivity index (χ3n) is 3.35. The van der Waals surface area contributed by atoms with Crippen LogP contribution in [-0.4, -0.2) is 4.98 Å². The predicted molar refractivity (Wildman–Crippen MR) is 118 cm³/mol. The summed E-state index contributed by atoms with van der Waals surface area (Å²) in [4.78, 5) is 4.67. The monoisotopic (exact) mass is 561 g/mol. The molecular weight excluding hydrogens is 558 g/mol. The topological polar surface area (TPSA) is 12.9 Å². The zero-order valence-corrected chi connectivity index (χ0v) is 18.8. The normalized spacial score (nSPS) is 11.0. The first-order valence-electron chi connectivity index (χ1n) is 6.73. The van der Waals surface area contributed by atoms with Crippen molar-refractivity contribution in [1.82, 2.24) is 4.98 Å². The SMILES string of the molecule is Clc1cc(-c2cc(I)cc(-c3cc(Cl)c(Cl)c(Cl)c3)n2)cc(Cl)c1Cl. The molecule has 0 saturated carbocycles. The minimum atomic E-state index is 0.314. The van der Waals surface area contributed by atoms with Crippen molar-refractivity contribution >= 4 is 92.2 Å². The molecule has 3 rings (SSSR count). The molecule has 25 heavy (non-hydrogen) atoms. The van der Waals surface area contributed by atoms with Gasteiger partial charge in [-0.1, -0.05) is 69.6 Å². The first-order chi connectivity index (χ1) is 11.8. The van der Waals surface area contributed by atoms with Crippen LogP contribution in [0, 0.1) is 3.57 Å². The molecular formula is C17H6Cl6IN. The van der Waals surface area contributed by atoms with Crippen molar-refractivity contribution in [3.05, 3.63) is 70.1 Å². The molecule has 0 aliphatic rings. The van der Waals surface area contributed by atoms with Gasteiger partial charge in [-0.05, 0) is 59.0 Å². The lowest BCUT2D eigenvalue weighted by Crippen LogP contribution is -1.91. The van der Waals surface area contributed by atoms with Gasteiger partial charge in [0.25, 0.3) is 0 Å². The van der Waals surface area contributed by atoms with Gasteiger partial charge < -0.3 is 0 Å². The number of rotatable bonds is 2. The average molecular weight is 564 g/mol. The van der Waals surface area contributed by atoms with Crippen molar-refractivity contribution in [3.63, 3.8) is 0 Å². The maximum absolute atomic E-state index is 6.13. The Morgan fingerprint density at radius 3 is 1.20 bits per heavy atom. The predicted octanol–water partition coefficient (Wildman–Crippen LogP) is 8.94. The molecule has 128 valence electrons. The Morgan fingerprint density at radius 2 is 0.880 bits per heavy atom. The molecule has 2 aromatic carbocycles. The van der Waals surface area contributed by atoms with Crippen LogP contribution < -0.4 is 0 Å². The smallest absolute Gasteiger partial charge is 0.0778 e. The minimum Gasteiger partial charge on any atom is -0.248 e. The lowest BCUT2D eigenvalue weighted by atomic mass is 10.1. The van der Waals surface area contributed by atoms with Gasteiger partial charge in [-0.3, -0.25) is 0 Å². The van der Waals surface area contributed by atoms with Gasteiger partial charge in [0, 0.05) is 14.7 Å². The number of hydrogen-bond donors (Lipinski definition) is 0. The van der Waals surface area contributed by atoms with Crippen molar-refractivity contribution < 1.29 is 0 Å². The van der Waals surface area contributed by atoms with Gasteiger partial charge >= 0.3 is 0 Å². The minimum absolute atomic E-state index is 0.314. The third kappa shape index (κ3) is 4.32. The van der Waals surface area contributed by atoms with Gasteiger partial charge in [0.15, 0.2) is 0 Å². The molecule has 0 N–H and O–H groups in total. The van der Waals surface area contributed by atoms with E-state index in [1.54, 1.807) is 24.3 Å². The molecule has 0 radical (unpaired) electrons. The Hall–Kier alpha value is 0.0600. The van der Waals surface area contributed by atoms with Gasteiger partial charge in [-0.2, -0.15) is 0 Å². The highest BCUT2D eigenvalue weighted by Crippen LogP contribution is 2.37. The van der Waals surface area contributed by atoms with Crippen molar-refractivity contribution in [2.24, 2.45) is 0 Å². The van der Waals surface area contributed by atoms with E-state index >= 15 is 0 Å². The van der Waals surface area contributed by atoms with E-state index in [1.165, 1.54) is 0 Å². The van der Waals surface area contributed by atoms with E-state index in [2.05, 4.69) is 27.6 Å². The largest absolute Gasteiger partial charge is 0.248 e. The summed E-state index contributed by atoms with van der Waals surface area (Å²) in [5, 5.41) is 2.09. The molecule has 8 heteroatoms. The highest BCUT2D eigenvalue weighted by molar-refractivity contribution is 14.1. The molecule has 0 spiro atoms. The Bertz CT molecular complexity index is 867. The molecule has 1 nitrogen and oxygen atoms in total. The molecule has 1 heterocycles. The number of hydrogen-bond acceptors (Lipinski definition) is 1. The first kappa shape index (κ1) is 19.8. The first-order valence-corrected chi connectivity index (χ1v) is 10.1.